The lowest BCUT2D eigenvalue weighted by Gasteiger charge is -2.39. The Bertz CT molecular complexity index is 963. The van der Waals surface area contributed by atoms with E-state index in [1.54, 1.807) is 6.20 Å². The topological polar surface area (TPSA) is 60.2 Å². The molecule has 2 fully saturated rings. The van der Waals surface area contributed by atoms with E-state index in [1.807, 2.05) is 18.2 Å². The molecule has 1 aromatic carbocycles. The van der Waals surface area contributed by atoms with E-state index in [1.165, 1.54) is 6.07 Å². The maximum absolute atomic E-state index is 14.6. The summed E-state index contributed by atoms with van der Waals surface area (Å²) in [4.78, 5) is 21.3. The number of anilines is 1. The summed E-state index contributed by atoms with van der Waals surface area (Å²) in [7, 11) is 2.08. The smallest absolute Gasteiger partial charge is 0.145 e. The lowest BCUT2D eigenvalue weighted by atomic mass is 9.84. The number of rotatable bonds is 5. The van der Waals surface area contributed by atoms with Crippen molar-refractivity contribution in [3.63, 3.8) is 0 Å². The highest BCUT2D eigenvalue weighted by Gasteiger charge is 2.31. The highest BCUT2D eigenvalue weighted by Crippen LogP contribution is 2.35. The summed E-state index contributed by atoms with van der Waals surface area (Å²) < 4.78 is 14.6. The molecule has 0 bridgehead atoms. The predicted molar refractivity (Wildman–Crippen MR) is 111 cm³/mol. The van der Waals surface area contributed by atoms with Gasteiger partial charge < -0.3 is 9.80 Å². The zero-order valence-corrected chi connectivity index (χ0v) is 17.1. The molecule has 0 spiro atoms. The van der Waals surface area contributed by atoms with Crippen LogP contribution < -0.4 is 4.90 Å². The van der Waals surface area contributed by atoms with Crippen LogP contribution in [0.4, 0.5) is 10.1 Å². The minimum absolute atomic E-state index is 0.00778. The summed E-state index contributed by atoms with van der Waals surface area (Å²) in [5.74, 6) is 1.01. The van der Waals surface area contributed by atoms with Crippen LogP contribution in [-0.2, 0) is 4.79 Å². The largest absolute Gasteiger partial charge is 0.370 e. The number of carbonyl (C=O) groups excluding carboxylic acids is 1. The van der Waals surface area contributed by atoms with Crippen LogP contribution in [0.5, 0.6) is 0 Å². The number of piperidine rings is 1. The molecule has 0 saturated carbocycles. The number of hydrogen-bond acceptors (Lipinski definition) is 5. The number of ketones is 1. The molecule has 0 radical (unpaired) electrons. The van der Waals surface area contributed by atoms with E-state index in [0.29, 0.717) is 36.0 Å². The second-order valence-electron chi connectivity index (χ2n) is 8.91. The number of fused-ring (bicyclic) bond motifs is 1. The molecule has 29 heavy (non-hydrogen) atoms. The first-order valence-corrected chi connectivity index (χ1v) is 10.4. The number of halogens is 1. The van der Waals surface area contributed by atoms with E-state index >= 15 is 0 Å². The highest BCUT2D eigenvalue weighted by atomic mass is 19.1. The van der Waals surface area contributed by atoms with Crippen molar-refractivity contribution in [2.45, 2.75) is 26.2 Å². The second-order valence-corrected chi connectivity index (χ2v) is 8.91. The van der Waals surface area contributed by atoms with Gasteiger partial charge in [-0.3, -0.25) is 9.78 Å². The van der Waals surface area contributed by atoms with Crippen molar-refractivity contribution in [1.29, 1.82) is 5.26 Å². The molecule has 1 aromatic heterocycles. The molecule has 3 heterocycles. The Morgan fingerprint density at radius 2 is 2.03 bits per heavy atom. The Morgan fingerprint density at radius 3 is 2.76 bits per heavy atom. The van der Waals surface area contributed by atoms with Crippen LogP contribution in [0, 0.1) is 34.9 Å². The number of nitrogens with zero attached hydrogens (tertiary/aromatic N) is 4. The average Bonchev–Trinajstić information content (AvgIpc) is 2.65. The van der Waals surface area contributed by atoms with Crippen LogP contribution >= 0.6 is 0 Å². The lowest BCUT2D eigenvalue weighted by molar-refractivity contribution is -0.122. The molecule has 5 nitrogen and oxygen atoms in total. The molecule has 2 saturated heterocycles. The Kier molecular flexibility index (Phi) is 5.51. The average molecular weight is 394 g/mol. The Labute approximate surface area is 171 Å². The molecule has 152 valence electrons. The zero-order valence-electron chi connectivity index (χ0n) is 17.1. The van der Waals surface area contributed by atoms with Gasteiger partial charge in [0.15, 0.2) is 0 Å². The van der Waals surface area contributed by atoms with Crippen molar-refractivity contribution >= 4 is 22.4 Å². The first kappa shape index (κ1) is 19.8. The first-order chi connectivity index (χ1) is 13.9. The molecule has 0 aliphatic carbocycles. The van der Waals surface area contributed by atoms with Gasteiger partial charge in [-0.1, -0.05) is 6.92 Å². The third kappa shape index (κ3) is 4.11. The van der Waals surface area contributed by atoms with Crippen LogP contribution in [0.15, 0.2) is 24.4 Å². The summed E-state index contributed by atoms with van der Waals surface area (Å²) in [5, 5.41) is 10.1. The van der Waals surface area contributed by atoms with Gasteiger partial charge in [-0.05, 0) is 49.4 Å². The van der Waals surface area contributed by atoms with Gasteiger partial charge in [0.05, 0.1) is 5.52 Å². The molecule has 0 amide bonds. The van der Waals surface area contributed by atoms with Gasteiger partial charge >= 0.3 is 0 Å². The Hall–Kier alpha value is -2.52. The zero-order chi connectivity index (χ0) is 20.5. The summed E-state index contributed by atoms with van der Waals surface area (Å²) in [6, 6.07) is 7.11. The van der Waals surface area contributed by atoms with Crippen molar-refractivity contribution < 1.29 is 9.18 Å². The number of nitriles is 1. The second kappa shape index (κ2) is 8.08. The first-order valence-electron chi connectivity index (χ1n) is 10.4. The molecular formula is C23H27FN4O. The van der Waals surface area contributed by atoms with E-state index in [2.05, 4.69) is 28.8 Å². The van der Waals surface area contributed by atoms with Crippen molar-refractivity contribution in [1.82, 2.24) is 9.88 Å². The monoisotopic (exact) mass is 394 g/mol. The number of likely N-dealkylation sites (tertiary alicyclic amines) is 1. The quantitative estimate of drug-likeness (QED) is 0.775. The number of hydrogen-bond donors (Lipinski definition) is 0. The third-order valence-electron chi connectivity index (χ3n) is 6.19. The van der Waals surface area contributed by atoms with Crippen molar-refractivity contribution in [2.24, 2.45) is 17.8 Å². The molecule has 2 aliphatic rings. The molecule has 4 rings (SSSR count). The number of benzene rings is 1. The number of pyridine rings is 1. The normalized spacial score (nSPS) is 23.0. The van der Waals surface area contributed by atoms with Gasteiger partial charge in [0.1, 0.15) is 23.2 Å². The summed E-state index contributed by atoms with van der Waals surface area (Å²) in [5.41, 5.74) is 1.17. The summed E-state index contributed by atoms with van der Waals surface area (Å²) in [6.07, 6.45) is 3.87. The summed E-state index contributed by atoms with van der Waals surface area (Å²) in [6.45, 7) is 5.76. The van der Waals surface area contributed by atoms with E-state index in [-0.39, 0.29) is 11.5 Å². The standard InChI is InChI=1S/C23H27FN4O/c1-15-6-16(7-18(29)8-17-12-27(2)13-17)14-28(11-15)22-9-21(24)20(10-25)23-19(22)4-3-5-26-23/h3-5,9,15-17H,6-8,11-14H2,1-2H3/t15-,16-/m0/s1. The van der Waals surface area contributed by atoms with Gasteiger partial charge in [0, 0.05) is 56.3 Å². The molecule has 2 aromatic rings. The number of carbonyl (C=O) groups is 1. The molecule has 0 unspecified atom stereocenters. The van der Waals surface area contributed by atoms with Crippen LogP contribution in [0.2, 0.25) is 0 Å². The van der Waals surface area contributed by atoms with Gasteiger partial charge in [-0.2, -0.15) is 5.26 Å². The van der Waals surface area contributed by atoms with E-state index in [4.69, 9.17) is 0 Å². The van der Waals surface area contributed by atoms with Gasteiger partial charge in [0.25, 0.3) is 0 Å². The van der Waals surface area contributed by atoms with Crippen molar-refractivity contribution in [3.8, 4) is 6.07 Å². The molecule has 6 heteroatoms. The highest BCUT2D eigenvalue weighted by molar-refractivity contribution is 5.95. The minimum atomic E-state index is -0.534. The third-order valence-corrected chi connectivity index (χ3v) is 6.19. The minimum Gasteiger partial charge on any atom is -0.370 e. The van der Waals surface area contributed by atoms with Crippen LogP contribution in [0.1, 0.15) is 31.7 Å². The molecule has 0 N–H and O–H groups in total. The van der Waals surface area contributed by atoms with Gasteiger partial charge in [-0.25, -0.2) is 4.39 Å². The van der Waals surface area contributed by atoms with Crippen molar-refractivity contribution in [3.05, 3.63) is 35.8 Å². The number of Topliss-reactive ketones (excluding diaryl/α,β-unsaturated/α-hetero) is 1. The maximum Gasteiger partial charge on any atom is 0.145 e. The Morgan fingerprint density at radius 1 is 1.28 bits per heavy atom. The van der Waals surface area contributed by atoms with Crippen LogP contribution in [-0.4, -0.2) is 48.9 Å². The van der Waals surface area contributed by atoms with Gasteiger partial charge in [-0.15, -0.1) is 0 Å². The van der Waals surface area contributed by atoms with E-state index in [9.17, 15) is 14.4 Å². The number of aromatic nitrogens is 1. The molecule has 2 aliphatic heterocycles. The van der Waals surface area contributed by atoms with Gasteiger partial charge in [0.2, 0.25) is 0 Å². The van der Waals surface area contributed by atoms with E-state index in [0.717, 1.165) is 43.7 Å². The molecule has 2 atom stereocenters. The van der Waals surface area contributed by atoms with Crippen LogP contribution in [0.3, 0.4) is 0 Å². The summed E-state index contributed by atoms with van der Waals surface area (Å²) >= 11 is 0. The van der Waals surface area contributed by atoms with E-state index < -0.39 is 5.82 Å². The lowest BCUT2D eigenvalue weighted by Crippen LogP contribution is -2.45. The maximum atomic E-state index is 14.6. The SMILES string of the molecule is C[C@H]1C[C@@H](CC(=O)CC2CN(C)C2)CN(c2cc(F)c(C#N)c3ncccc23)C1. The fourth-order valence-corrected chi connectivity index (χ4v) is 5.07. The predicted octanol–water partition coefficient (Wildman–Crippen LogP) is 3.62. The molecular weight excluding hydrogens is 367 g/mol. The van der Waals surface area contributed by atoms with Crippen LogP contribution in [0.25, 0.3) is 10.9 Å². The fourth-order valence-electron chi connectivity index (χ4n) is 5.07. The Balaban J connectivity index is 1.54. The van der Waals surface area contributed by atoms with Crippen molar-refractivity contribution in [2.75, 3.05) is 38.1 Å². The fraction of sp³-hybridized carbons (Fsp3) is 0.522.